The van der Waals surface area contributed by atoms with Crippen molar-refractivity contribution in [3.05, 3.63) is 11.0 Å². The molecule has 0 saturated heterocycles. The van der Waals surface area contributed by atoms with Crippen LogP contribution in [0.5, 0.6) is 0 Å². The molecular formula is C7H3F3N2OS. The number of halogens is 3. The van der Waals surface area contributed by atoms with Crippen LogP contribution in [-0.2, 0) is 4.79 Å². The van der Waals surface area contributed by atoms with E-state index < -0.39 is 23.6 Å². The molecule has 0 fully saturated rings. The maximum atomic E-state index is 12.4. The molecule has 7 heteroatoms. The Bertz CT molecular complexity index is 383. The Balaban J connectivity index is 2.38. The number of hydrogen-bond donors (Lipinski definition) is 0. The predicted molar refractivity (Wildman–Crippen MR) is 46.2 cm³/mol. The molecule has 0 aromatic rings. The van der Waals surface area contributed by atoms with Gasteiger partial charge in [-0.3, -0.25) is 4.79 Å². The van der Waals surface area contributed by atoms with Crippen LogP contribution in [0.25, 0.3) is 0 Å². The highest BCUT2D eigenvalue weighted by molar-refractivity contribution is 8.17. The van der Waals surface area contributed by atoms with E-state index in [1.54, 1.807) is 0 Å². The molecule has 74 valence electrons. The SMILES string of the molecule is O=C1N=CN=C2SC=C(C(F)(F)F)C12. The summed E-state index contributed by atoms with van der Waals surface area (Å²) in [6.07, 6.45) is -3.51. The molecule has 0 saturated carbocycles. The fraction of sp³-hybridized carbons (Fsp3) is 0.286. The summed E-state index contributed by atoms with van der Waals surface area (Å²) in [6.45, 7) is 0. The number of nitrogens with zero attached hydrogens (tertiary/aromatic N) is 2. The summed E-state index contributed by atoms with van der Waals surface area (Å²) in [5.41, 5.74) is -0.872. The highest BCUT2D eigenvalue weighted by atomic mass is 32.2. The second kappa shape index (κ2) is 2.94. The minimum atomic E-state index is -4.49. The first kappa shape index (κ1) is 9.45. The molecule has 2 heterocycles. The van der Waals surface area contributed by atoms with Crippen molar-refractivity contribution in [2.24, 2.45) is 15.9 Å². The Morgan fingerprint density at radius 2 is 2.14 bits per heavy atom. The van der Waals surface area contributed by atoms with Gasteiger partial charge in [0.05, 0.1) is 10.6 Å². The van der Waals surface area contributed by atoms with Crippen molar-refractivity contribution in [1.29, 1.82) is 0 Å². The maximum Gasteiger partial charge on any atom is 0.414 e. The first-order valence-corrected chi connectivity index (χ1v) is 4.46. The lowest BCUT2D eigenvalue weighted by atomic mass is 10.0. The number of fused-ring (bicyclic) bond motifs is 1. The number of carbonyl (C=O) groups is 1. The first-order valence-electron chi connectivity index (χ1n) is 3.58. The molecule has 0 aromatic carbocycles. The third kappa shape index (κ3) is 1.37. The summed E-state index contributed by atoms with van der Waals surface area (Å²) < 4.78 is 37.1. The number of carbonyl (C=O) groups excluding carboxylic acids is 1. The summed E-state index contributed by atoms with van der Waals surface area (Å²) in [5.74, 6) is -2.13. The quantitative estimate of drug-likeness (QED) is 0.624. The molecule has 0 aliphatic carbocycles. The van der Waals surface area contributed by atoms with E-state index >= 15 is 0 Å². The van der Waals surface area contributed by atoms with E-state index in [0.717, 1.165) is 23.5 Å². The van der Waals surface area contributed by atoms with Crippen molar-refractivity contribution in [3.8, 4) is 0 Å². The third-order valence-electron chi connectivity index (χ3n) is 1.81. The van der Waals surface area contributed by atoms with Gasteiger partial charge < -0.3 is 0 Å². The molecule has 14 heavy (non-hydrogen) atoms. The van der Waals surface area contributed by atoms with E-state index in [2.05, 4.69) is 9.98 Å². The van der Waals surface area contributed by atoms with Gasteiger partial charge in [0, 0.05) is 0 Å². The molecule has 2 rings (SSSR count). The summed E-state index contributed by atoms with van der Waals surface area (Å²) in [5, 5.41) is 1.06. The van der Waals surface area contributed by atoms with Gasteiger partial charge in [-0.15, -0.1) is 0 Å². The van der Waals surface area contributed by atoms with Crippen molar-refractivity contribution in [2.45, 2.75) is 6.18 Å². The largest absolute Gasteiger partial charge is 0.414 e. The van der Waals surface area contributed by atoms with E-state index in [1.165, 1.54) is 0 Å². The standard InChI is InChI=1S/C7H3F3N2OS/c8-7(9,10)3-1-14-6-4(3)5(13)11-2-12-6/h1-2,4H. The van der Waals surface area contributed by atoms with Gasteiger partial charge >= 0.3 is 6.18 Å². The number of amides is 1. The molecule has 3 nitrogen and oxygen atoms in total. The average Bonchev–Trinajstić information content (AvgIpc) is 2.47. The fourth-order valence-electron chi connectivity index (χ4n) is 1.18. The Kier molecular flexibility index (Phi) is 1.99. The van der Waals surface area contributed by atoms with Crippen LogP contribution in [0.1, 0.15) is 0 Å². The maximum absolute atomic E-state index is 12.4. The number of thioether (sulfide) groups is 1. The number of aliphatic imine (C=N–C) groups is 2. The van der Waals surface area contributed by atoms with Gasteiger partial charge in [0.25, 0.3) is 5.91 Å². The second-order valence-corrected chi connectivity index (χ2v) is 3.56. The minimum absolute atomic E-state index is 0.150. The zero-order valence-electron chi connectivity index (χ0n) is 6.58. The molecule has 2 aliphatic heterocycles. The molecule has 0 spiro atoms. The summed E-state index contributed by atoms with van der Waals surface area (Å²) >= 11 is 0.821. The zero-order chi connectivity index (χ0) is 10.3. The van der Waals surface area contributed by atoms with Gasteiger partial charge in [-0.25, -0.2) is 9.98 Å². The summed E-state index contributed by atoms with van der Waals surface area (Å²) in [4.78, 5) is 18.0. The van der Waals surface area contributed by atoms with E-state index in [4.69, 9.17) is 0 Å². The lowest BCUT2D eigenvalue weighted by Gasteiger charge is -2.15. The van der Waals surface area contributed by atoms with Crippen molar-refractivity contribution >= 4 is 29.1 Å². The van der Waals surface area contributed by atoms with Gasteiger partial charge in [0.2, 0.25) is 0 Å². The van der Waals surface area contributed by atoms with Crippen LogP contribution in [-0.4, -0.2) is 23.5 Å². The zero-order valence-corrected chi connectivity index (χ0v) is 7.39. The predicted octanol–water partition coefficient (Wildman–Crippen LogP) is 1.76. The van der Waals surface area contributed by atoms with E-state index in [0.29, 0.717) is 0 Å². The molecule has 0 bridgehead atoms. The van der Waals surface area contributed by atoms with E-state index in [9.17, 15) is 18.0 Å². The van der Waals surface area contributed by atoms with Crippen molar-refractivity contribution in [1.82, 2.24) is 0 Å². The van der Waals surface area contributed by atoms with Crippen LogP contribution < -0.4 is 0 Å². The Hall–Kier alpha value is -1.11. The molecule has 1 unspecified atom stereocenters. The van der Waals surface area contributed by atoms with Crippen LogP contribution >= 0.6 is 11.8 Å². The van der Waals surface area contributed by atoms with Gasteiger partial charge in [0.15, 0.2) is 0 Å². The highest BCUT2D eigenvalue weighted by Crippen LogP contribution is 2.42. The smallest absolute Gasteiger partial charge is 0.271 e. The minimum Gasteiger partial charge on any atom is -0.271 e. The molecule has 1 atom stereocenters. The van der Waals surface area contributed by atoms with Crippen molar-refractivity contribution < 1.29 is 18.0 Å². The van der Waals surface area contributed by atoms with Crippen LogP contribution in [0.15, 0.2) is 21.0 Å². The fourth-order valence-corrected chi connectivity index (χ4v) is 2.17. The normalized spacial score (nSPS) is 25.9. The van der Waals surface area contributed by atoms with Crippen LogP contribution in [0.4, 0.5) is 13.2 Å². The molecule has 0 N–H and O–H groups in total. The topological polar surface area (TPSA) is 41.8 Å². The molecule has 0 radical (unpaired) electrons. The highest BCUT2D eigenvalue weighted by Gasteiger charge is 2.47. The van der Waals surface area contributed by atoms with Gasteiger partial charge in [-0.2, -0.15) is 13.2 Å². The van der Waals surface area contributed by atoms with Crippen LogP contribution in [0.2, 0.25) is 0 Å². The Labute approximate surface area is 80.8 Å². The van der Waals surface area contributed by atoms with Gasteiger partial charge in [0.1, 0.15) is 12.3 Å². The first-order chi connectivity index (χ1) is 6.50. The number of alkyl halides is 3. The second-order valence-electron chi connectivity index (χ2n) is 2.67. The summed E-state index contributed by atoms with van der Waals surface area (Å²) in [6, 6.07) is 0. The van der Waals surface area contributed by atoms with E-state index in [-0.39, 0.29) is 5.04 Å². The molecule has 0 aromatic heterocycles. The Morgan fingerprint density at radius 1 is 1.43 bits per heavy atom. The van der Waals surface area contributed by atoms with E-state index in [1.807, 2.05) is 0 Å². The molecular weight excluding hydrogens is 217 g/mol. The summed E-state index contributed by atoms with van der Waals surface area (Å²) in [7, 11) is 0. The molecule has 2 aliphatic rings. The van der Waals surface area contributed by atoms with Gasteiger partial charge in [-0.05, 0) is 5.41 Å². The Morgan fingerprint density at radius 3 is 2.79 bits per heavy atom. The monoisotopic (exact) mass is 220 g/mol. The van der Waals surface area contributed by atoms with Crippen molar-refractivity contribution in [3.63, 3.8) is 0 Å². The number of rotatable bonds is 0. The average molecular weight is 220 g/mol. The third-order valence-corrected chi connectivity index (χ3v) is 2.76. The van der Waals surface area contributed by atoms with Crippen LogP contribution in [0, 0.1) is 5.92 Å². The number of hydrogen-bond acceptors (Lipinski definition) is 3. The van der Waals surface area contributed by atoms with Crippen molar-refractivity contribution in [2.75, 3.05) is 0 Å². The van der Waals surface area contributed by atoms with Gasteiger partial charge in [-0.1, -0.05) is 11.8 Å². The van der Waals surface area contributed by atoms with Crippen LogP contribution in [0.3, 0.4) is 0 Å². The molecule has 1 amide bonds. The lowest BCUT2D eigenvalue weighted by Crippen LogP contribution is -2.28. The lowest BCUT2D eigenvalue weighted by molar-refractivity contribution is -0.124.